The molecule has 0 fully saturated rings. The molecule has 1 atom stereocenters. The molecule has 0 radical (unpaired) electrons. The van der Waals surface area contributed by atoms with E-state index < -0.39 is 17.6 Å². The summed E-state index contributed by atoms with van der Waals surface area (Å²) in [5, 5.41) is 8.95. The Morgan fingerprint density at radius 1 is 1.62 bits per heavy atom. The third-order valence-electron chi connectivity index (χ3n) is 1.84. The minimum Gasteiger partial charge on any atom is -0.382 e. The molecule has 2 heterocycles. The van der Waals surface area contributed by atoms with Gasteiger partial charge in [0.05, 0.1) is 6.33 Å². The van der Waals surface area contributed by atoms with Crippen LogP contribution in [0.25, 0.3) is 11.2 Å². The predicted molar refractivity (Wildman–Crippen MR) is 51.4 cm³/mol. The zero-order valence-corrected chi connectivity index (χ0v) is 8.25. The van der Waals surface area contributed by atoms with Crippen molar-refractivity contribution in [3.8, 4) is 0 Å². The van der Waals surface area contributed by atoms with Gasteiger partial charge in [0.25, 0.3) is 5.56 Å². The molecular formula is C8H8N4O4. The molecule has 0 bridgehead atoms. The minimum absolute atomic E-state index is 0.0564. The normalized spacial score (nSPS) is 12.6. The van der Waals surface area contributed by atoms with E-state index in [0.29, 0.717) is 0 Å². The Morgan fingerprint density at radius 2 is 2.38 bits per heavy atom. The smallest absolute Gasteiger partial charge is 0.360 e. The van der Waals surface area contributed by atoms with Crippen molar-refractivity contribution in [2.24, 2.45) is 0 Å². The molecular weight excluding hydrogens is 216 g/mol. The van der Waals surface area contributed by atoms with E-state index in [0.717, 1.165) is 11.1 Å². The van der Waals surface area contributed by atoms with Crippen LogP contribution in [0.1, 0.15) is 6.92 Å². The number of nitrogens with zero attached hydrogens (tertiary/aromatic N) is 3. The molecule has 0 saturated heterocycles. The summed E-state index contributed by atoms with van der Waals surface area (Å²) in [6.07, 6.45) is 1.03. The van der Waals surface area contributed by atoms with Gasteiger partial charge in [0.2, 0.25) is 5.65 Å². The number of imidazole rings is 1. The first kappa shape index (κ1) is 10.3. The Kier molecular flexibility index (Phi) is 2.41. The van der Waals surface area contributed by atoms with Crippen LogP contribution in [0.3, 0.4) is 0 Å². The Morgan fingerprint density at radius 3 is 3.06 bits per heavy atom. The van der Waals surface area contributed by atoms with Gasteiger partial charge < -0.3 is 14.9 Å². The lowest BCUT2D eigenvalue weighted by Gasteiger charge is -2.05. The van der Waals surface area contributed by atoms with Crippen LogP contribution in [0.5, 0.6) is 0 Å². The van der Waals surface area contributed by atoms with E-state index in [9.17, 15) is 9.59 Å². The highest BCUT2D eigenvalue weighted by molar-refractivity contribution is 5.75. The van der Waals surface area contributed by atoms with Crippen molar-refractivity contribution in [2.45, 2.75) is 13.0 Å². The molecule has 2 N–H and O–H groups in total. The highest BCUT2D eigenvalue weighted by Gasteiger charge is 2.15. The SMILES string of the molecule is CC(O)C(=O)On1cnc2c(=O)[nH]cnc21. The first-order valence-corrected chi connectivity index (χ1v) is 4.40. The van der Waals surface area contributed by atoms with E-state index in [4.69, 9.17) is 9.94 Å². The standard InChI is InChI=1S/C8H8N4O4/c1-4(13)8(15)16-12-3-11-5-6(12)9-2-10-7(5)14/h2-4,13H,1H3,(H,9,10,14). The van der Waals surface area contributed by atoms with Crippen LogP contribution in [0.15, 0.2) is 17.4 Å². The molecule has 84 valence electrons. The number of nitrogens with one attached hydrogen (secondary N) is 1. The molecule has 0 amide bonds. The molecule has 0 aliphatic rings. The maximum absolute atomic E-state index is 11.3. The number of H-pyrrole nitrogens is 1. The van der Waals surface area contributed by atoms with Crippen molar-refractivity contribution in [3.63, 3.8) is 0 Å². The fourth-order valence-electron chi connectivity index (χ4n) is 1.07. The molecule has 2 aromatic rings. The maximum Gasteiger partial charge on any atom is 0.360 e. The predicted octanol–water partition coefficient (Wildman–Crippen LogP) is -1.54. The summed E-state index contributed by atoms with van der Waals surface area (Å²) in [5.74, 6) is -0.860. The van der Waals surface area contributed by atoms with Crippen molar-refractivity contribution in [3.05, 3.63) is 23.0 Å². The summed E-state index contributed by atoms with van der Waals surface area (Å²) in [7, 11) is 0. The summed E-state index contributed by atoms with van der Waals surface area (Å²) in [5.41, 5.74) is -0.268. The van der Waals surface area contributed by atoms with Gasteiger partial charge in [-0.2, -0.15) is 0 Å². The average Bonchev–Trinajstić information content (AvgIpc) is 2.63. The van der Waals surface area contributed by atoms with E-state index >= 15 is 0 Å². The number of hydrogen-bond acceptors (Lipinski definition) is 6. The number of fused-ring (bicyclic) bond motifs is 1. The van der Waals surface area contributed by atoms with Crippen molar-refractivity contribution in [1.29, 1.82) is 0 Å². The molecule has 2 rings (SSSR count). The molecule has 0 aliphatic carbocycles. The molecule has 8 nitrogen and oxygen atoms in total. The summed E-state index contributed by atoms with van der Waals surface area (Å²) < 4.78 is 0.930. The number of carbonyl (C=O) groups excluding carboxylic acids is 1. The first-order chi connectivity index (χ1) is 7.59. The van der Waals surface area contributed by atoms with Crippen LogP contribution >= 0.6 is 0 Å². The van der Waals surface area contributed by atoms with Gasteiger partial charge in [0, 0.05) is 0 Å². The van der Waals surface area contributed by atoms with Gasteiger partial charge in [-0.1, -0.05) is 0 Å². The van der Waals surface area contributed by atoms with E-state index in [1.54, 1.807) is 0 Å². The van der Waals surface area contributed by atoms with Gasteiger partial charge in [0.15, 0.2) is 11.6 Å². The van der Waals surface area contributed by atoms with Gasteiger partial charge >= 0.3 is 5.97 Å². The highest BCUT2D eigenvalue weighted by Crippen LogP contribution is 2.01. The van der Waals surface area contributed by atoms with Crippen molar-refractivity contribution < 1.29 is 14.7 Å². The Bertz CT molecular complexity index is 585. The average molecular weight is 224 g/mol. The Labute approximate surface area is 88.5 Å². The van der Waals surface area contributed by atoms with Crippen LogP contribution in [0.4, 0.5) is 0 Å². The lowest BCUT2D eigenvalue weighted by molar-refractivity contribution is -0.152. The molecule has 0 spiro atoms. The quantitative estimate of drug-likeness (QED) is 0.639. The third kappa shape index (κ3) is 1.65. The maximum atomic E-state index is 11.3. The number of rotatable bonds is 2. The zero-order chi connectivity index (χ0) is 11.7. The Hall–Kier alpha value is -2.22. The number of hydrogen-bond donors (Lipinski definition) is 2. The number of aliphatic hydroxyl groups is 1. The summed E-state index contributed by atoms with van der Waals surface area (Å²) in [6.45, 7) is 1.27. The largest absolute Gasteiger partial charge is 0.382 e. The van der Waals surface area contributed by atoms with Gasteiger partial charge in [-0.3, -0.25) is 4.79 Å². The summed E-state index contributed by atoms with van der Waals surface area (Å²) in [6, 6.07) is 0. The van der Waals surface area contributed by atoms with Crippen molar-refractivity contribution >= 4 is 17.1 Å². The van der Waals surface area contributed by atoms with E-state index in [-0.39, 0.29) is 11.2 Å². The molecule has 8 heteroatoms. The second-order valence-electron chi connectivity index (χ2n) is 3.06. The topological polar surface area (TPSA) is 110 Å². The zero-order valence-electron chi connectivity index (χ0n) is 8.25. The number of carbonyl (C=O) groups is 1. The van der Waals surface area contributed by atoms with Gasteiger partial charge in [-0.05, 0) is 6.92 Å². The second kappa shape index (κ2) is 3.74. The first-order valence-electron chi connectivity index (χ1n) is 4.40. The molecule has 1 unspecified atom stereocenters. The monoisotopic (exact) mass is 224 g/mol. The lowest BCUT2D eigenvalue weighted by Crippen LogP contribution is -2.28. The molecule has 0 saturated carbocycles. The second-order valence-corrected chi connectivity index (χ2v) is 3.06. The van der Waals surface area contributed by atoms with Crippen molar-refractivity contribution in [1.82, 2.24) is 19.7 Å². The summed E-state index contributed by atoms with van der Waals surface area (Å²) in [4.78, 5) is 36.9. The molecule has 0 aromatic carbocycles. The van der Waals surface area contributed by atoms with Gasteiger partial charge in [-0.15, -0.1) is 4.73 Å². The molecule has 2 aromatic heterocycles. The van der Waals surface area contributed by atoms with Crippen LogP contribution in [-0.2, 0) is 4.79 Å². The van der Waals surface area contributed by atoms with E-state index in [1.165, 1.54) is 13.3 Å². The molecule has 0 aliphatic heterocycles. The fourth-order valence-corrected chi connectivity index (χ4v) is 1.07. The number of aliphatic hydroxyl groups excluding tert-OH is 1. The van der Waals surface area contributed by atoms with E-state index in [1.807, 2.05) is 0 Å². The molecule has 16 heavy (non-hydrogen) atoms. The fraction of sp³-hybridized carbons (Fsp3) is 0.250. The number of aromatic nitrogens is 4. The van der Waals surface area contributed by atoms with Gasteiger partial charge in [-0.25, -0.2) is 14.8 Å². The van der Waals surface area contributed by atoms with Crippen LogP contribution in [0, 0.1) is 0 Å². The summed E-state index contributed by atoms with van der Waals surface area (Å²) >= 11 is 0. The van der Waals surface area contributed by atoms with Crippen molar-refractivity contribution in [2.75, 3.05) is 0 Å². The van der Waals surface area contributed by atoms with Gasteiger partial charge in [0.1, 0.15) is 6.33 Å². The minimum atomic E-state index is -1.26. The van der Waals surface area contributed by atoms with Crippen LogP contribution in [-0.4, -0.2) is 36.9 Å². The van der Waals surface area contributed by atoms with Crippen LogP contribution in [0.2, 0.25) is 0 Å². The number of aromatic amines is 1. The Balaban J connectivity index is 2.43. The third-order valence-corrected chi connectivity index (χ3v) is 1.84. The highest BCUT2D eigenvalue weighted by atomic mass is 16.7. The van der Waals surface area contributed by atoms with Crippen LogP contribution < -0.4 is 10.4 Å². The lowest BCUT2D eigenvalue weighted by atomic mass is 10.4. The van der Waals surface area contributed by atoms with E-state index in [2.05, 4.69) is 15.0 Å².